The van der Waals surface area contributed by atoms with E-state index in [1.807, 2.05) is 13.8 Å². The molecule has 0 aromatic heterocycles. The van der Waals surface area contributed by atoms with Gasteiger partial charge in [-0.15, -0.1) is 0 Å². The van der Waals surface area contributed by atoms with Crippen molar-refractivity contribution in [2.75, 3.05) is 13.2 Å². The van der Waals surface area contributed by atoms with Gasteiger partial charge in [-0.3, -0.25) is 0 Å². The van der Waals surface area contributed by atoms with Crippen molar-refractivity contribution in [2.45, 2.75) is 45.4 Å². The molecule has 1 aromatic carbocycles. The minimum absolute atomic E-state index is 0.180. The first-order valence-electron chi connectivity index (χ1n) is 7.12. The third-order valence-corrected chi connectivity index (χ3v) is 2.81. The summed E-state index contributed by atoms with van der Waals surface area (Å²) in [6, 6.07) is 6.37. The quantitative estimate of drug-likeness (QED) is 0.657. The van der Waals surface area contributed by atoms with Gasteiger partial charge in [0.15, 0.2) is 6.29 Å². The monoisotopic (exact) mass is 300 g/mol. The number of hydrogen-bond acceptors (Lipinski definition) is 6. The fourth-order valence-electron chi connectivity index (χ4n) is 1.57. The van der Waals surface area contributed by atoms with Gasteiger partial charge in [0.25, 0.3) is 0 Å². The van der Waals surface area contributed by atoms with E-state index in [2.05, 4.69) is 0 Å². The average Bonchev–Trinajstić information content (AvgIpc) is 3.24. The van der Waals surface area contributed by atoms with Crippen LogP contribution in [0.2, 0.25) is 0 Å². The maximum absolute atomic E-state index is 9.31. The number of phenolic OH excluding ortho intramolecular Hbond substituents is 1. The molecule has 4 unspecified atom stereocenters. The van der Waals surface area contributed by atoms with Gasteiger partial charge < -0.3 is 29.5 Å². The molecule has 4 atom stereocenters. The summed E-state index contributed by atoms with van der Waals surface area (Å²) in [5.41, 5.74) is 0. The van der Waals surface area contributed by atoms with E-state index in [0.29, 0.717) is 12.4 Å². The second kappa shape index (κ2) is 8.84. The maximum Gasteiger partial charge on any atom is 0.188 e. The van der Waals surface area contributed by atoms with Crippen LogP contribution in [0.5, 0.6) is 11.5 Å². The molecule has 0 spiro atoms. The molecule has 0 radical (unpaired) electrons. The Morgan fingerprint density at radius 3 is 2.38 bits per heavy atom. The lowest BCUT2D eigenvalue weighted by Gasteiger charge is -2.16. The van der Waals surface area contributed by atoms with Crippen LogP contribution in [0.15, 0.2) is 24.3 Å². The van der Waals surface area contributed by atoms with E-state index < -0.39 is 18.5 Å². The van der Waals surface area contributed by atoms with Gasteiger partial charge in [-0.05, 0) is 31.2 Å². The molecule has 1 aliphatic rings. The molecule has 1 aliphatic heterocycles. The Balaban J connectivity index is 0.00000106. The normalized spacial score (nSPS) is 22.7. The number of epoxide rings is 1. The fraction of sp³-hybridized carbons (Fsp3) is 0.600. The maximum atomic E-state index is 9.31. The van der Waals surface area contributed by atoms with Gasteiger partial charge in [0.1, 0.15) is 30.3 Å². The van der Waals surface area contributed by atoms with E-state index in [1.165, 1.54) is 12.1 Å². The number of rotatable bonds is 7. The van der Waals surface area contributed by atoms with Crippen molar-refractivity contribution in [3.63, 3.8) is 0 Å². The SMILES string of the molecule is CC.CC(O)C(CO)OC1OC1COc1ccc(O)cc1. The van der Waals surface area contributed by atoms with E-state index >= 15 is 0 Å². The zero-order chi connectivity index (χ0) is 15.8. The molecule has 0 bridgehead atoms. The first-order valence-corrected chi connectivity index (χ1v) is 7.12. The second-order valence-corrected chi connectivity index (χ2v) is 4.45. The Bertz CT molecular complexity index is 392. The van der Waals surface area contributed by atoms with Crippen molar-refractivity contribution in [2.24, 2.45) is 0 Å². The van der Waals surface area contributed by atoms with Crippen molar-refractivity contribution in [3.05, 3.63) is 24.3 Å². The first-order chi connectivity index (χ1) is 10.1. The van der Waals surface area contributed by atoms with Crippen LogP contribution in [0.25, 0.3) is 0 Å². The highest BCUT2D eigenvalue weighted by Crippen LogP contribution is 2.26. The highest BCUT2D eigenvalue weighted by molar-refractivity contribution is 5.30. The van der Waals surface area contributed by atoms with E-state index in [9.17, 15) is 5.11 Å². The topological polar surface area (TPSA) is 91.7 Å². The number of benzene rings is 1. The summed E-state index contributed by atoms with van der Waals surface area (Å²) in [5, 5.41) is 27.4. The van der Waals surface area contributed by atoms with Crippen LogP contribution in [0.3, 0.4) is 0 Å². The Morgan fingerprint density at radius 1 is 1.24 bits per heavy atom. The van der Waals surface area contributed by atoms with Crippen LogP contribution in [-0.2, 0) is 9.47 Å². The van der Waals surface area contributed by atoms with Crippen molar-refractivity contribution in [1.29, 1.82) is 0 Å². The van der Waals surface area contributed by atoms with Crippen LogP contribution >= 0.6 is 0 Å². The highest BCUT2D eigenvalue weighted by atomic mass is 16.8. The van der Waals surface area contributed by atoms with Crippen LogP contribution in [0, 0.1) is 0 Å². The summed E-state index contributed by atoms with van der Waals surface area (Å²) in [6.45, 7) is 5.60. The number of phenols is 1. The number of hydrogen-bond donors (Lipinski definition) is 3. The third kappa shape index (κ3) is 5.89. The summed E-state index contributed by atoms with van der Waals surface area (Å²) in [5.74, 6) is 0.806. The predicted octanol–water partition coefficient (Wildman–Crippen LogP) is 1.28. The van der Waals surface area contributed by atoms with Gasteiger partial charge in [-0.2, -0.15) is 0 Å². The summed E-state index contributed by atoms with van der Waals surface area (Å²) >= 11 is 0. The van der Waals surface area contributed by atoms with Crippen molar-refractivity contribution in [1.82, 2.24) is 0 Å². The molecule has 1 aromatic rings. The smallest absolute Gasteiger partial charge is 0.188 e. The van der Waals surface area contributed by atoms with E-state index in [4.69, 9.17) is 24.4 Å². The zero-order valence-electron chi connectivity index (χ0n) is 12.6. The second-order valence-electron chi connectivity index (χ2n) is 4.45. The minimum Gasteiger partial charge on any atom is -0.508 e. The summed E-state index contributed by atoms with van der Waals surface area (Å²) in [6.07, 6.45) is -2.07. The van der Waals surface area contributed by atoms with Crippen LogP contribution in [-0.4, -0.2) is 53.1 Å². The summed E-state index contributed by atoms with van der Waals surface area (Å²) in [7, 11) is 0. The standard InChI is InChI=1S/C13H18O6.C2H6/c1-8(15)11(6-14)18-13-12(19-13)7-17-10-4-2-9(16)3-5-10;1-2/h2-5,8,11-16H,6-7H2,1H3;1-2H3. The number of aromatic hydroxyl groups is 1. The number of aliphatic hydroxyl groups excluding tert-OH is 2. The van der Waals surface area contributed by atoms with Crippen molar-refractivity contribution < 1.29 is 29.5 Å². The zero-order valence-corrected chi connectivity index (χ0v) is 12.6. The Kier molecular flexibility index (Phi) is 7.45. The fourth-order valence-corrected chi connectivity index (χ4v) is 1.57. The van der Waals surface area contributed by atoms with E-state index in [-0.39, 0.29) is 18.5 Å². The third-order valence-electron chi connectivity index (χ3n) is 2.81. The molecule has 0 aliphatic carbocycles. The predicted molar refractivity (Wildman–Crippen MR) is 77.3 cm³/mol. The van der Waals surface area contributed by atoms with Crippen LogP contribution in [0.1, 0.15) is 20.8 Å². The Morgan fingerprint density at radius 2 is 1.86 bits per heavy atom. The van der Waals surface area contributed by atoms with Gasteiger partial charge in [0, 0.05) is 0 Å². The van der Waals surface area contributed by atoms with Crippen molar-refractivity contribution >= 4 is 0 Å². The molecule has 1 saturated heterocycles. The van der Waals surface area contributed by atoms with Gasteiger partial charge in [0.2, 0.25) is 0 Å². The Labute approximate surface area is 124 Å². The largest absolute Gasteiger partial charge is 0.508 e. The molecule has 1 heterocycles. The van der Waals surface area contributed by atoms with E-state index in [1.54, 1.807) is 19.1 Å². The molecule has 2 rings (SSSR count). The van der Waals surface area contributed by atoms with Crippen LogP contribution in [0.4, 0.5) is 0 Å². The van der Waals surface area contributed by atoms with Gasteiger partial charge >= 0.3 is 0 Å². The number of aliphatic hydroxyl groups is 2. The lowest BCUT2D eigenvalue weighted by Crippen LogP contribution is -2.31. The molecule has 3 N–H and O–H groups in total. The number of ether oxygens (including phenoxy) is 3. The Hall–Kier alpha value is -1.34. The summed E-state index contributed by atoms with van der Waals surface area (Å²) < 4.78 is 16.0. The molecule has 6 heteroatoms. The van der Waals surface area contributed by atoms with Crippen LogP contribution < -0.4 is 4.74 Å². The molecular weight excluding hydrogens is 276 g/mol. The molecule has 21 heavy (non-hydrogen) atoms. The molecular formula is C15H24O6. The average molecular weight is 300 g/mol. The molecule has 1 fully saturated rings. The van der Waals surface area contributed by atoms with Gasteiger partial charge in [-0.1, -0.05) is 13.8 Å². The molecule has 0 saturated carbocycles. The van der Waals surface area contributed by atoms with Crippen molar-refractivity contribution in [3.8, 4) is 11.5 Å². The molecule has 6 nitrogen and oxygen atoms in total. The summed E-state index contributed by atoms with van der Waals surface area (Å²) in [4.78, 5) is 0. The highest BCUT2D eigenvalue weighted by Gasteiger charge is 2.43. The van der Waals surface area contributed by atoms with Gasteiger partial charge in [-0.25, -0.2) is 0 Å². The van der Waals surface area contributed by atoms with E-state index in [0.717, 1.165) is 0 Å². The minimum atomic E-state index is -0.757. The lowest BCUT2D eigenvalue weighted by atomic mass is 10.2. The molecule has 0 amide bonds. The first kappa shape index (κ1) is 17.7. The van der Waals surface area contributed by atoms with Gasteiger partial charge in [0.05, 0.1) is 12.7 Å². The lowest BCUT2D eigenvalue weighted by molar-refractivity contribution is -0.0899. The molecule has 120 valence electrons.